The quantitative estimate of drug-likeness (QED) is 0.670. The Balaban J connectivity index is 1.97. The number of rotatable bonds is 7. The Bertz CT molecular complexity index is 923. The number of halogens is 1. The van der Waals surface area contributed by atoms with Crippen molar-refractivity contribution in [3.8, 4) is 0 Å². The number of aryl methyl sites for hydroxylation is 1. The Kier molecular flexibility index (Phi) is 7.98. The van der Waals surface area contributed by atoms with Crippen molar-refractivity contribution in [2.45, 2.75) is 20.8 Å². The molecule has 2 rings (SSSR count). The van der Waals surface area contributed by atoms with Crippen molar-refractivity contribution >= 4 is 46.8 Å². The van der Waals surface area contributed by atoms with Gasteiger partial charge >= 0.3 is 0 Å². The van der Waals surface area contributed by atoms with E-state index in [1.807, 2.05) is 19.9 Å². The summed E-state index contributed by atoms with van der Waals surface area (Å²) in [4.78, 5) is 37.3. The third-order valence-electron chi connectivity index (χ3n) is 4.15. The minimum atomic E-state index is -0.293. The molecule has 0 heterocycles. The van der Waals surface area contributed by atoms with Gasteiger partial charge in [-0.15, -0.1) is 0 Å². The molecule has 0 spiro atoms. The SMILES string of the molecule is CCN(CC(=O)Nc1cc(Cl)ccc1C)C(=O)C=Cc1ccc(NC(C)=O)cc1. The van der Waals surface area contributed by atoms with E-state index in [4.69, 9.17) is 11.6 Å². The Morgan fingerprint density at radius 1 is 1.07 bits per heavy atom. The van der Waals surface area contributed by atoms with E-state index in [9.17, 15) is 14.4 Å². The first kappa shape index (κ1) is 22.2. The second-order valence-corrected chi connectivity index (χ2v) is 6.93. The fraction of sp³-hybridized carbons (Fsp3) is 0.227. The highest BCUT2D eigenvalue weighted by molar-refractivity contribution is 6.31. The Morgan fingerprint density at radius 3 is 2.38 bits per heavy atom. The van der Waals surface area contributed by atoms with Gasteiger partial charge in [-0.25, -0.2) is 0 Å². The van der Waals surface area contributed by atoms with Crippen LogP contribution in [0.4, 0.5) is 11.4 Å². The van der Waals surface area contributed by atoms with Gasteiger partial charge in [-0.2, -0.15) is 0 Å². The lowest BCUT2D eigenvalue weighted by atomic mass is 10.2. The van der Waals surface area contributed by atoms with Crippen molar-refractivity contribution in [2.75, 3.05) is 23.7 Å². The number of nitrogens with one attached hydrogen (secondary N) is 2. The molecule has 152 valence electrons. The molecule has 2 aromatic rings. The van der Waals surface area contributed by atoms with Crippen molar-refractivity contribution < 1.29 is 14.4 Å². The fourth-order valence-electron chi connectivity index (χ4n) is 2.59. The van der Waals surface area contributed by atoms with Crippen LogP contribution in [0.2, 0.25) is 5.02 Å². The molecule has 2 N–H and O–H groups in total. The predicted octanol–water partition coefficient (Wildman–Crippen LogP) is 4.11. The number of nitrogens with zero attached hydrogens (tertiary/aromatic N) is 1. The second-order valence-electron chi connectivity index (χ2n) is 6.50. The highest BCUT2D eigenvalue weighted by Gasteiger charge is 2.14. The number of likely N-dealkylation sites (N-methyl/N-ethyl adjacent to an activating group) is 1. The monoisotopic (exact) mass is 413 g/mol. The lowest BCUT2D eigenvalue weighted by molar-refractivity contribution is -0.130. The third-order valence-corrected chi connectivity index (χ3v) is 4.39. The molecule has 0 saturated heterocycles. The van der Waals surface area contributed by atoms with Crippen LogP contribution >= 0.6 is 11.6 Å². The van der Waals surface area contributed by atoms with Gasteiger partial charge in [0, 0.05) is 35.9 Å². The molecule has 0 aliphatic heterocycles. The third kappa shape index (κ3) is 7.08. The zero-order chi connectivity index (χ0) is 21.4. The number of hydrogen-bond donors (Lipinski definition) is 2. The first-order chi connectivity index (χ1) is 13.8. The van der Waals surface area contributed by atoms with E-state index in [0.29, 0.717) is 22.9 Å². The summed E-state index contributed by atoms with van der Waals surface area (Å²) in [5, 5.41) is 6.00. The molecule has 0 atom stereocenters. The van der Waals surface area contributed by atoms with E-state index in [2.05, 4.69) is 10.6 Å². The van der Waals surface area contributed by atoms with Crippen LogP contribution in [-0.2, 0) is 14.4 Å². The zero-order valence-electron chi connectivity index (χ0n) is 16.7. The molecule has 6 nitrogen and oxygen atoms in total. The molecule has 0 bridgehead atoms. The van der Waals surface area contributed by atoms with Gasteiger partial charge in [-0.1, -0.05) is 29.8 Å². The molecular formula is C22H24ClN3O3. The van der Waals surface area contributed by atoms with E-state index >= 15 is 0 Å². The first-order valence-corrected chi connectivity index (χ1v) is 9.57. The maximum absolute atomic E-state index is 12.5. The minimum absolute atomic E-state index is 0.0624. The van der Waals surface area contributed by atoms with Crippen LogP contribution in [0.25, 0.3) is 6.08 Å². The molecule has 0 saturated carbocycles. The topological polar surface area (TPSA) is 78.5 Å². The van der Waals surface area contributed by atoms with E-state index in [1.54, 1.807) is 42.5 Å². The smallest absolute Gasteiger partial charge is 0.247 e. The number of anilines is 2. The van der Waals surface area contributed by atoms with Gasteiger partial charge < -0.3 is 15.5 Å². The highest BCUT2D eigenvalue weighted by Crippen LogP contribution is 2.20. The minimum Gasteiger partial charge on any atom is -0.330 e. The summed E-state index contributed by atoms with van der Waals surface area (Å²) in [5.41, 5.74) is 3.01. The molecular weight excluding hydrogens is 390 g/mol. The van der Waals surface area contributed by atoms with Gasteiger partial charge in [0.2, 0.25) is 17.7 Å². The summed E-state index contributed by atoms with van der Waals surface area (Å²) in [6, 6.07) is 12.3. The fourth-order valence-corrected chi connectivity index (χ4v) is 2.76. The lowest BCUT2D eigenvalue weighted by Crippen LogP contribution is -2.37. The largest absolute Gasteiger partial charge is 0.330 e. The highest BCUT2D eigenvalue weighted by atomic mass is 35.5. The van der Waals surface area contributed by atoms with Crippen molar-refractivity contribution in [3.05, 3.63) is 64.7 Å². The standard InChI is InChI=1S/C22H24ClN3O3/c1-4-26(14-21(28)25-20-13-18(23)9-5-15(20)2)22(29)12-8-17-6-10-19(11-7-17)24-16(3)27/h5-13H,4,14H2,1-3H3,(H,24,27)(H,25,28). The van der Waals surface area contributed by atoms with E-state index in [0.717, 1.165) is 11.1 Å². The molecule has 0 radical (unpaired) electrons. The predicted molar refractivity (Wildman–Crippen MR) is 117 cm³/mol. The lowest BCUT2D eigenvalue weighted by Gasteiger charge is -2.19. The van der Waals surface area contributed by atoms with Crippen LogP contribution in [0.5, 0.6) is 0 Å². The summed E-state index contributed by atoms with van der Waals surface area (Å²) < 4.78 is 0. The van der Waals surface area contributed by atoms with Crippen LogP contribution in [0.1, 0.15) is 25.0 Å². The van der Waals surface area contributed by atoms with Crippen molar-refractivity contribution in [2.24, 2.45) is 0 Å². The maximum Gasteiger partial charge on any atom is 0.247 e. The summed E-state index contributed by atoms with van der Waals surface area (Å²) in [7, 11) is 0. The number of hydrogen-bond acceptors (Lipinski definition) is 3. The molecule has 0 aliphatic rings. The summed E-state index contributed by atoms with van der Waals surface area (Å²) in [5.74, 6) is -0.705. The van der Waals surface area contributed by atoms with Gasteiger partial charge in [-0.05, 0) is 55.3 Å². The van der Waals surface area contributed by atoms with Gasteiger partial charge in [0.05, 0.1) is 0 Å². The average molecular weight is 414 g/mol. The molecule has 29 heavy (non-hydrogen) atoms. The Morgan fingerprint density at radius 2 is 1.76 bits per heavy atom. The van der Waals surface area contributed by atoms with Gasteiger partial charge in [0.15, 0.2) is 0 Å². The van der Waals surface area contributed by atoms with Crippen LogP contribution < -0.4 is 10.6 Å². The number of amides is 3. The van der Waals surface area contributed by atoms with Crippen molar-refractivity contribution in [1.82, 2.24) is 4.90 Å². The molecule has 2 aromatic carbocycles. The van der Waals surface area contributed by atoms with Crippen LogP contribution in [0.3, 0.4) is 0 Å². The molecule has 7 heteroatoms. The van der Waals surface area contributed by atoms with Crippen molar-refractivity contribution in [3.63, 3.8) is 0 Å². The number of carbonyl (C=O) groups excluding carboxylic acids is 3. The average Bonchev–Trinajstić information content (AvgIpc) is 2.67. The van der Waals surface area contributed by atoms with Crippen molar-refractivity contribution in [1.29, 1.82) is 0 Å². The van der Waals surface area contributed by atoms with Gasteiger partial charge in [0.25, 0.3) is 0 Å². The number of benzene rings is 2. The second kappa shape index (κ2) is 10.4. The zero-order valence-corrected chi connectivity index (χ0v) is 17.4. The molecule has 0 aliphatic carbocycles. The summed E-state index contributed by atoms with van der Waals surface area (Å²) in [6.45, 7) is 5.45. The van der Waals surface area contributed by atoms with E-state index in [1.165, 1.54) is 17.9 Å². The van der Waals surface area contributed by atoms with E-state index in [-0.39, 0.29) is 24.3 Å². The number of carbonyl (C=O) groups is 3. The molecule has 3 amide bonds. The first-order valence-electron chi connectivity index (χ1n) is 9.19. The van der Waals surface area contributed by atoms with E-state index < -0.39 is 0 Å². The van der Waals surface area contributed by atoms with Gasteiger partial charge in [-0.3, -0.25) is 14.4 Å². The van der Waals surface area contributed by atoms with Crippen LogP contribution in [-0.4, -0.2) is 35.7 Å². The van der Waals surface area contributed by atoms with Gasteiger partial charge in [0.1, 0.15) is 6.54 Å². The molecule has 0 aromatic heterocycles. The van der Waals surface area contributed by atoms with Crippen LogP contribution in [0.15, 0.2) is 48.5 Å². The molecule has 0 fully saturated rings. The summed E-state index contributed by atoms with van der Waals surface area (Å²) in [6.07, 6.45) is 3.09. The maximum atomic E-state index is 12.5. The van der Waals surface area contributed by atoms with Crippen LogP contribution in [0, 0.1) is 6.92 Å². The Hall–Kier alpha value is -3.12. The molecule has 0 unspecified atom stereocenters. The Labute approximate surface area is 175 Å². The summed E-state index contributed by atoms with van der Waals surface area (Å²) >= 11 is 5.97. The normalized spacial score (nSPS) is 10.6.